The number of aromatic nitrogens is 3. The van der Waals surface area contributed by atoms with E-state index in [9.17, 15) is 4.79 Å². The topological polar surface area (TPSA) is 93.0 Å². The number of aromatic amines is 1. The first kappa shape index (κ1) is 15.8. The third-order valence-electron chi connectivity index (χ3n) is 4.61. The molecule has 0 aliphatic carbocycles. The van der Waals surface area contributed by atoms with Gasteiger partial charge in [0.2, 0.25) is 5.89 Å². The van der Waals surface area contributed by atoms with E-state index in [-0.39, 0.29) is 17.9 Å². The van der Waals surface area contributed by atoms with E-state index in [4.69, 9.17) is 9.26 Å². The Bertz CT molecular complexity index is 846. The first-order valence-electron chi connectivity index (χ1n) is 8.47. The Morgan fingerprint density at radius 2 is 2.12 bits per heavy atom. The Morgan fingerprint density at radius 1 is 1.32 bits per heavy atom. The van der Waals surface area contributed by atoms with Gasteiger partial charge in [-0.05, 0) is 37.8 Å². The number of hydrogen-bond donors (Lipinski definition) is 2. The molecule has 1 amide bonds. The fraction of sp³-hybridized carbons (Fsp3) is 0.389. The molecule has 0 spiro atoms. The van der Waals surface area contributed by atoms with Crippen LogP contribution in [-0.4, -0.2) is 34.2 Å². The largest absolute Gasteiger partial charge is 0.381 e. The second-order valence-corrected chi connectivity index (χ2v) is 6.35. The van der Waals surface area contributed by atoms with Gasteiger partial charge >= 0.3 is 0 Å². The van der Waals surface area contributed by atoms with E-state index in [2.05, 4.69) is 20.4 Å². The summed E-state index contributed by atoms with van der Waals surface area (Å²) in [5.74, 6) is 1.05. The number of nitrogens with zero attached hydrogens (tertiary/aromatic N) is 2. The number of para-hydroxylation sites is 1. The predicted octanol–water partition coefficient (Wildman–Crippen LogP) is 2.76. The smallest absolute Gasteiger partial charge is 0.268 e. The Kier molecular flexibility index (Phi) is 4.23. The first-order valence-corrected chi connectivity index (χ1v) is 8.47. The highest BCUT2D eigenvalue weighted by atomic mass is 16.5. The molecule has 25 heavy (non-hydrogen) atoms. The molecule has 0 unspecified atom stereocenters. The second kappa shape index (κ2) is 6.68. The van der Waals surface area contributed by atoms with Crippen molar-refractivity contribution in [3.05, 3.63) is 47.7 Å². The highest BCUT2D eigenvalue weighted by Crippen LogP contribution is 2.29. The third kappa shape index (κ3) is 3.28. The van der Waals surface area contributed by atoms with Crippen molar-refractivity contribution in [2.75, 3.05) is 13.2 Å². The van der Waals surface area contributed by atoms with Crippen LogP contribution in [0.5, 0.6) is 0 Å². The SMILES string of the molecule is Cc1noc([C@@H](NC(=O)c2cc3ccccc3[nH]2)C2CCOCC2)n1. The summed E-state index contributed by atoms with van der Waals surface area (Å²) in [4.78, 5) is 20.3. The van der Waals surface area contributed by atoms with Gasteiger partial charge in [0.05, 0.1) is 0 Å². The Labute approximate surface area is 144 Å². The molecule has 1 aliphatic rings. The molecule has 4 rings (SSSR count). The van der Waals surface area contributed by atoms with E-state index in [0.29, 0.717) is 30.6 Å². The zero-order chi connectivity index (χ0) is 17.2. The van der Waals surface area contributed by atoms with Gasteiger partial charge < -0.3 is 19.6 Å². The number of amides is 1. The van der Waals surface area contributed by atoms with Crippen molar-refractivity contribution >= 4 is 16.8 Å². The Balaban J connectivity index is 1.59. The van der Waals surface area contributed by atoms with Gasteiger partial charge in [0.25, 0.3) is 5.91 Å². The standard InChI is InChI=1S/C18H20N4O3/c1-11-19-18(25-22-11)16(12-6-8-24-9-7-12)21-17(23)15-10-13-4-2-3-5-14(13)20-15/h2-5,10,12,16,20H,6-9H2,1H3,(H,21,23)/t16-/m0/s1. The molecule has 3 aromatic rings. The molecule has 0 bridgehead atoms. The summed E-state index contributed by atoms with van der Waals surface area (Å²) in [6.45, 7) is 3.13. The number of hydrogen-bond acceptors (Lipinski definition) is 5. The van der Waals surface area contributed by atoms with Crippen LogP contribution in [0, 0.1) is 12.8 Å². The number of carbonyl (C=O) groups excluding carboxylic acids is 1. The molecule has 1 atom stereocenters. The zero-order valence-electron chi connectivity index (χ0n) is 14.0. The summed E-state index contributed by atoms with van der Waals surface area (Å²) in [7, 11) is 0. The van der Waals surface area contributed by atoms with Crippen LogP contribution in [0.2, 0.25) is 0 Å². The molecule has 1 fully saturated rings. The lowest BCUT2D eigenvalue weighted by Crippen LogP contribution is -2.36. The summed E-state index contributed by atoms with van der Waals surface area (Å²) in [5, 5.41) is 7.95. The number of rotatable bonds is 4. The molecular weight excluding hydrogens is 320 g/mol. The molecule has 3 heterocycles. The van der Waals surface area contributed by atoms with Crippen molar-refractivity contribution in [2.24, 2.45) is 5.92 Å². The van der Waals surface area contributed by atoms with Crippen molar-refractivity contribution in [1.82, 2.24) is 20.4 Å². The van der Waals surface area contributed by atoms with Crippen molar-refractivity contribution < 1.29 is 14.1 Å². The van der Waals surface area contributed by atoms with E-state index >= 15 is 0 Å². The number of aryl methyl sites for hydroxylation is 1. The van der Waals surface area contributed by atoms with E-state index < -0.39 is 0 Å². The predicted molar refractivity (Wildman–Crippen MR) is 91.1 cm³/mol. The van der Waals surface area contributed by atoms with Gasteiger partial charge in [-0.1, -0.05) is 23.4 Å². The van der Waals surface area contributed by atoms with Gasteiger partial charge in [-0.2, -0.15) is 4.98 Å². The van der Waals surface area contributed by atoms with Crippen LogP contribution in [0.15, 0.2) is 34.9 Å². The highest BCUT2D eigenvalue weighted by Gasteiger charge is 2.31. The maximum atomic E-state index is 12.8. The maximum Gasteiger partial charge on any atom is 0.268 e. The summed E-state index contributed by atoms with van der Waals surface area (Å²) in [6, 6.07) is 9.34. The van der Waals surface area contributed by atoms with Crippen molar-refractivity contribution in [1.29, 1.82) is 0 Å². The summed E-state index contributed by atoms with van der Waals surface area (Å²) < 4.78 is 10.8. The average Bonchev–Trinajstić information content (AvgIpc) is 3.26. The molecule has 2 aromatic heterocycles. The lowest BCUT2D eigenvalue weighted by atomic mass is 9.91. The van der Waals surface area contributed by atoms with Crippen LogP contribution in [0.25, 0.3) is 10.9 Å². The molecule has 1 aliphatic heterocycles. The van der Waals surface area contributed by atoms with Crippen LogP contribution >= 0.6 is 0 Å². The molecule has 0 radical (unpaired) electrons. The van der Waals surface area contributed by atoms with Gasteiger partial charge in [-0.15, -0.1) is 0 Å². The highest BCUT2D eigenvalue weighted by molar-refractivity contribution is 5.98. The minimum absolute atomic E-state index is 0.177. The number of carbonyl (C=O) groups is 1. The first-order chi connectivity index (χ1) is 12.2. The van der Waals surface area contributed by atoms with Crippen molar-refractivity contribution in [3.63, 3.8) is 0 Å². The lowest BCUT2D eigenvalue weighted by Gasteiger charge is -2.28. The second-order valence-electron chi connectivity index (χ2n) is 6.35. The number of ether oxygens (including phenoxy) is 1. The van der Waals surface area contributed by atoms with Crippen molar-refractivity contribution in [3.8, 4) is 0 Å². The maximum absolute atomic E-state index is 12.8. The zero-order valence-corrected chi connectivity index (χ0v) is 14.0. The van der Waals surface area contributed by atoms with Crippen LogP contribution in [0.4, 0.5) is 0 Å². The molecule has 7 heteroatoms. The van der Waals surface area contributed by atoms with Gasteiger partial charge in [-0.3, -0.25) is 4.79 Å². The van der Waals surface area contributed by atoms with E-state index in [1.165, 1.54) is 0 Å². The third-order valence-corrected chi connectivity index (χ3v) is 4.61. The number of fused-ring (bicyclic) bond motifs is 1. The fourth-order valence-electron chi connectivity index (χ4n) is 3.28. The summed E-state index contributed by atoms with van der Waals surface area (Å²) in [6.07, 6.45) is 1.69. The number of nitrogens with one attached hydrogen (secondary N) is 2. The minimum atomic E-state index is -0.316. The number of H-pyrrole nitrogens is 1. The number of benzene rings is 1. The quantitative estimate of drug-likeness (QED) is 0.762. The molecule has 130 valence electrons. The molecular formula is C18H20N4O3. The van der Waals surface area contributed by atoms with Gasteiger partial charge in [-0.25, -0.2) is 0 Å². The van der Waals surface area contributed by atoms with Crippen LogP contribution in [-0.2, 0) is 4.74 Å². The average molecular weight is 340 g/mol. The molecule has 0 saturated carbocycles. The van der Waals surface area contributed by atoms with Gasteiger partial charge in [0.1, 0.15) is 11.7 Å². The molecule has 7 nitrogen and oxygen atoms in total. The van der Waals surface area contributed by atoms with Gasteiger partial charge in [0, 0.05) is 24.1 Å². The molecule has 1 saturated heterocycles. The summed E-state index contributed by atoms with van der Waals surface area (Å²) >= 11 is 0. The summed E-state index contributed by atoms with van der Waals surface area (Å²) in [5.41, 5.74) is 1.46. The molecule has 2 N–H and O–H groups in total. The lowest BCUT2D eigenvalue weighted by molar-refractivity contribution is 0.0467. The van der Waals surface area contributed by atoms with Crippen LogP contribution < -0.4 is 5.32 Å². The van der Waals surface area contributed by atoms with Crippen LogP contribution in [0.3, 0.4) is 0 Å². The van der Waals surface area contributed by atoms with E-state index in [0.717, 1.165) is 23.7 Å². The van der Waals surface area contributed by atoms with E-state index in [1.54, 1.807) is 6.92 Å². The van der Waals surface area contributed by atoms with E-state index in [1.807, 2.05) is 30.3 Å². The Morgan fingerprint density at radius 3 is 2.84 bits per heavy atom. The van der Waals surface area contributed by atoms with Gasteiger partial charge in [0.15, 0.2) is 5.82 Å². The van der Waals surface area contributed by atoms with Crippen LogP contribution in [0.1, 0.15) is 41.1 Å². The monoisotopic (exact) mass is 340 g/mol. The Hall–Kier alpha value is -2.67. The normalized spacial score (nSPS) is 16.8. The molecule has 1 aromatic carbocycles. The minimum Gasteiger partial charge on any atom is -0.381 e. The van der Waals surface area contributed by atoms with Crippen molar-refractivity contribution in [2.45, 2.75) is 25.8 Å². The fourth-order valence-corrected chi connectivity index (χ4v) is 3.28.